The van der Waals surface area contributed by atoms with E-state index >= 15 is 0 Å². The standard InChI is InChI=1S/C27H34N8S/c1-8-18(4)20-13-11-19(12-14-20)17-35-22(16-29)21(15-28)30-25(35)33-32-24-23(27(5,6)7)36-26(31-24)34(9-2)10-3/h11-14,18H,8-10,17H2,1-7H3. The van der Waals surface area contributed by atoms with E-state index in [4.69, 9.17) is 4.98 Å². The summed E-state index contributed by atoms with van der Waals surface area (Å²) in [6.07, 6.45) is 1.07. The van der Waals surface area contributed by atoms with Gasteiger partial charge < -0.3 is 4.90 Å². The first-order chi connectivity index (χ1) is 17.2. The molecule has 0 aliphatic rings. The molecule has 188 valence electrons. The molecule has 2 aromatic heterocycles. The molecule has 0 radical (unpaired) electrons. The Kier molecular flexibility index (Phi) is 8.60. The largest absolute Gasteiger partial charge is 0.349 e. The number of imidazole rings is 1. The van der Waals surface area contributed by atoms with Crippen LogP contribution in [0.1, 0.15) is 88.2 Å². The summed E-state index contributed by atoms with van der Waals surface area (Å²) < 4.78 is 1.65. The van der Waals surface area contributed by atoms with E-state index in [9.17, 15) is 10.5 Å². The molecule has 0 fully saturated rings. The summed E-state index contributed by atoms with van der Waals surface area (Å²) in [4.78, 5) is 12.3. The maximum atomic E-state index is 9.77. The molecule has 1 atom stereocenters. The number of rotatable bonds is 9. The van der Waals surface area contributed by atoms with Crippen LogP contribution in [0.5, 0.6) is 0 Å². The molecule has 0 N–H and O–H groups in total. The van der Waals surface area contributed by atoms with Crippen molar-refractivity contribution in [2.45, 2.75) is 72.8 Å². The van der Waals surface area contributed by atoms with Gasteiger partial charge in [0.05, 0.1) is 11.4 Å². The van der Waals surface area contributed by atoms with E-state index in [0.29, 0.717) is 18.3 Å². The number of benzene rings is 1. The van der Waals surface area contributed by atoms with Crippen molar-refractivity contribution in [2.75, 3.05) is 18.0 Å². The lowest BCUT2D eigenvalue weighted by molar-refractivity contribution is 0.603. The number of thiazole rings is 1. The Bertz CT molecular complexity index is 1290. The van der Waals surface area contributed by atoms with Gasteiger partial charge in [0, 0.05) is 18.5 Å². The second-order valence-corrected chi connectivity index (χ2v) is 10.7. The van der Waals surface area contributed by atoms with E-state index in [-0.39, 0.29) is 22.8 Å². The van der Waals surface area contributed by atoms with Crippen LogP contribution in [0.25, 0.3) is 0 Å². The quantitative estimate of drug-likeness (QED) is 0.287. The maximum absolute atomic E-state index is 9.77. The van der Waals surface area contributed by atoms with Gasteiger partial charge >= 0.3 is 0 Å². The minimum absolute atomic E-state index is 0.0424. The third kappa shape index (κ3) is 5.80. The molecule has 0 aliphatic heterocycles. The third-order valence-corrected chi connectivity index (χ3v) is 7.74. The van der Waals surface area contributed by atoms with Gasteiger partial charge in [0.25, 0.3) is 5.95 Å². The molecule has 36 heavy (non-hydrogen) atoms. The molecule has 9 heteroatoms. The predicted molar refractivity (Wildman–Crippen MR) is 144 cm³/mol. The van der Waals surface area contributed by atoms with Crippen molar-refractivity contribution in [1.82, 2.24) is 14.5 Å². The van der Waals surface area contributed by atoms with E-state index < -0.39 is 0 Å². The van der Waals surface area contributed by atoms with Crippen molar-refractivity contribution in [1.29, 1.82) is 10.5 Å². The van der Waals surface area contributed by atoms with Crippen LogP contribution < -0.4 is 4.90 Å². The SMILES string of the molecule is CCC(C)c1ccc(Cn2c(N=Nc3nc(N(CC)CC)sc3C(C)(C)C)nc(C#N)c2C#N)cc1. The van der Waals surface area contributed by atoms with Gasteiger partial charge in [-0.15, -0.1) is 10.2 Å². The van der Waals surface area contributed by atoms with Crippen molar-refractivity contribution in [2.24, 2.45) is 10.2 Å². The zero-order valence-corrected chi connectivity index (χ0v) is 23.0. The monoisotopic (exact) mass is 502 g/mol. The molecule has 1 aromatic carbocycles. The lowest BCUT2D eigenvalue weighted by atomic mass is 9.95. The highest BCUT2D eigenvalue weighted by Gasteiger charge is 2.25. The lowest BCUT2D eigenvalue weighted by Gasteiger charge is -2.17. The predicted octanol–water partition coefficient (Wildman–Crippen LogP) is 7.20. The smallest absolute Gasteiger partial charge is 0.252 e. The third-order valence-electron chi connectivity index (χ3n) is 6.21. The fraction of sp³-hybridized carbons (Fsp3) is 0.481. The zero-order chi connectivity index (χ0) is 26.5. The van der Waals surface area contributed by atoms with Gasteiger partial charge in [-0.1, -0.05) is 70.2 Å². The Morgan fingerprint density at radius 3 is 2.22 bits per heavy atom. The van der Waals surface area contributed by atoms with Crippen LogP contribution in [0.4, 0.5) is 16.9 Å². The van der Waals surface area contributed by atoms with Crippen LogP contribution in [0.3, 0.4) is 0 Å². The Morgan fingerprint density at radius 1 is 1.03 bits per heavy atom. The number of nitriles is 2. The molecule has 0 amide bonds. The molecule has 3 rings (SSSR count). The fourth-order valence-electron chi connectivity index (χ4n) is 3.81. The van der Waals surface area contributed by atoms with E-state index in [1.165, 1.54) is 5.56 Å². The van der Waals surface area contributed by atoms with Gasteiger partial charge in [-0.2, -0.15) is 20.5 Å². The van der Waals surface area contributed by atoms with Gasteiger partial charge in [0.1, 0.15) is 12.1 Å². The summed E-state index contributed by atoms with van der Waals surface area (Å²) in [7, 11) is 0. The van der Waals surface area contributed by atoms with Crippen LogP contribution in [-0.2, 0) is 12.0 Å². The van der Waals surface area contributed by atoms with E-state index in [1.54, 1.807) is 15.9 Å². The summed E-state index contributed by atoms with van der Waals surface area (Å²) >= 11 is 1.62. The van der Waals surface area contributed by atoms with Crippen molar-refractivity contribution >= 4 is 28.2 Å². The molecule has 3 aromatic rings. The Morgan fingerprint density at radius 2 is 1.69 bits per heavy atom. The van der Waals surface area contributed by atoms with Gasteiger partial charge in [-0.05, 0) is 37.3 Å². The first-order valence-corrected chi connectivity index (χ1v) is 13.2. The second kappa shape index (κ2) is 11.5. The van der Waals surface area contributed by atoms with E-state index in [1.807, 2.05) is 18.2 Å². The Balaban J connectivity index is 2.03. The van der Waals surface area contributed by atoms with Crippen LogP contribution in [-0.4, -0.2) is 27.6 Å². The Hall–Kier alpha value is -3.56. The molecular weight excluding hydrogens is 468 g/mol. The highest BCUT2D eigenvalue weighted by Crippen LogP contribution is 2.40. The highest BCUT2D eigenvalue weighted by atomic mass is 32.1. The van der Waals surface area contributed by atoms with E-state index in [2.05, 4.69) is 86.8 Å². The summed E-state index contributed by atoms with van der Waals surface area (Å²) in [6.45, 7) is 17.0. The number of nitrogens with zero attached hydrogens (tertiary/aromatic N) is 8. The average Bonchev–Trinajstić information content (AvgIpc) is 3.44. The molecule has 0 spiro atoms. The van der Waals surface area contributed by atoms with Crippen molar-refractivity contribution in [3.8, 4) is 12.1 Å². The minimum Gasteiger partial charge on any atom is -0.349 e. The van der Waals surface area contributed by atoms with Gasteiger partial charge in [-0.3, -0.25) is 4.57 Å². The topological polar surface area (TPSA) is 106 Å². The van der Waals surface area contributed by atoms with Crippen molar-refractivity contribution < 1.29 is 0 Å². The zero-order valence-electron chi connectivity index (χ0n) is 22.2. The van der Waals surface area contributed by atoms with Crippen molar-refractivity contribution in [3.05, 3.63) is 51.7 Å². The lowest BCUT2D eigenvalue weighted by Crippen LogP contribution is -2.21. The van der Waals surface area contributed by atoms with Gasteiger partial charge in [-0.25, -0.2) is 0 Å². The van der Waals surface area contributed by atoms with Gasteiger partial charge in [0.15, 0.2) is 22.3 Å². The minimum atomic E-state index is -0.167. The molecule has 8 nitrogen and oxygen atoms in total. The second-order valence-electron chi connectivity index (χ2n) is 9.74. The summed E-state index contributed by atoms with van der Waals surface area (Å²) in [5, 5.41) is 29.1. The van der Waals surface area contributed by atoms with Gasteiger partial charge in [0.2, 0.25) is 0 Å². The molecule has 0 aliphatic carbocycles. The Labute approximate surface area is 218 Å². The van der Waals surface area contributed by atoms with Crippen LogP contribution in [0.15, 0.2) is 34.5 Å². The maximum Gasteiger partial charge on any atom is 0.252 e. The van der Waals surface area contributed by atoms with Crippen LogP contribution in [0.2, 0.25) is 0 Å². The van der Waals surface area contributed by atoms with Crippen molar-refractivity contribution in [3.63, 3.8) is 0 Å². The number of hydrogen-bond donors (Lipinski definition) is 0. The molecule has 2 heterocycles. The average molecular weight is 503 g/mol. The van der Waals surface area contributed by atoms with Crippen LogP contribution >= 0.6 is 11.3 Å². The molecule has 0 saturated carbocycles. The van der Waals surface area contributed by atoms with E-state index in [0.717, 1.165) is 35.1 Å². The molecule has 0 bridgehead atoms. The fourth-order valence-corrected chi connectivity index (χ4v) is 4.99. The number of aromatic nitrogens is 3. The number of anilines is 1. The number of azo groups is 1. The van der Waals surface area contributed by atoms with Crippen LogP contribution in [0, 0.1) is 22.7 Å². The summed E-state index contributed by atoms with van der Waals surface area (Å²) in [6, 6.07) is 12.4. The summed E-state index contributed by atoms with van der Waals surface area (Å²) in [5.74, 6) is 1.23. The first kappa shape index (κ1) is 27.0. The summed E-state index contributed by atoms with van der Waals surface area (Å²) in [5.41, 5.74) is 2.31. The molecular formula is C27H34N8S. The number of hydrogen-bond acceptors (Lipinski definition) is 8. The first-order valence-electron chi connectivity index (χ1n) is 12.3. The normalized spacial score (nSPS) is 12.5. The molecule has 0 saturated heterocycles. The molecule has 1 unspecified atom stereocenters. The highest BCUT2D eigenvalue weighted by molar-refractivity contribution is 7.16.